The van der Waals surface area contributed by atoms with E-state index in [9.17, 15) is 8.42 Å². The number of methoxy groups -OCH3 is 2. The van der Waals surface area contributed by atoms with E-state index in [2.05, 4.69) is 0 Å². The molecular formula is C12H19NO4S. The van der Waals surface area contributed by atoms with Gasteiger partial charge in [0.15, 0.2) is 9.84 Å². The average molecular weight is 273 g/mol. The summed E-state index contributed by atoms with van der Waals surface area (Å²) in [5, 5.41) is 0. The SMILES string of the molecule is COCCS(=O)(=O)Cc1cc(CN)ccc1OC. The second-order valence-electron chi connectivity index (χ2n) is 3.94. The lowest BCUT2D eigenvalue weighted by Gasteiger charge is -2.10. The molecule has 0 fully saturated rings. The fourth-order valence-corrected chi connectivity index (χ4v) is 2.86. The third-order valence-corrected chi connectivity index (χ3v) is 4.09. The van der Waals surface area contributed by atoms with Gasteiger partial charge in [-0.1, -0.05) is 6.07 Å². The number of sulfone groups is 1. The summed E-state index contributed by atoms with van der Waals surface area (Å²) in [4.78, 5) is 0. The highest BCUT2D eigenvalue weighted by molar-refractivity contribution is 7.90. The van der Waals surface area contributed by atoms with Crippen LogP contribution in [0.5, 0.6) is 5.75 Å². The molecule has 1 aromatic carbocycles. The largest absolute Gasteiger partial charge is 0.496 e. The van der Waals surface area contributed by atoms with Gasteiger partial charge >= 0.3 is 0 Å². The van der Waals surface area contributed by atoms with Crippen molar-refractivity contribution >= 4 is 9.84 Å². The fourth-order valence-electron chi connectivity index (χ4n) is 1.59. The number of hydrogen-bond donors (Lipinski definition) is 1. The van der Waals surface area contributed by atoms with Gasteiger partial charge in [-0.25, -0.2) is 8.42 Å². The summed E-state index contributed by atoms with van der Waals surface area (Å²) in [6.07, 6.45) is 0. The molecule has 0 spiro atoms. The van der Waals surface area contributed by atoms with Crippen molar-refractivity contribution in [3.8, 4) is 5.75 Å². The normalized spacial score (nSPS) is 11.5. The molecule has 2 N–H and O–H groups in total. The van der Waals surface area contributed by atoms with Crippen molar-refractivity contribution in [2.45, 2.75) is 12.3 Å². The van der Waals surface area contributed by atoms with Gasteiger partial charge in [-0.2, -0.15) is 0 Å². The van der Waals surface area contributed by atoms with Gasteiger partial charge in [0, 0.05) is 19.2 Å². The molecule has 0 aromatic heterocycles. The predicted molar refractivity (Wildman–Crippen MR) is 70.3 cm³/mol. The van der Waals surface area contributed by atoms with Gasteiger partial charge in [-0.3, -0.25) is 0 Å². The highest BCUT2D eigenvalue weighted by Crippen LogP contribution is 2.22. The lowest BCUT2D eigenvalue weighted by atomic mass is 10.1. The maximum absolute atomic E-state index is 11.9. The lowest BCUT2D eigenvalue weighted by molar-refractivity contribution is 0.217. The summed E-state index contributed by atoms with van der Waals surface area (Å²) in [5.41, 5.74) is 7.06. The van der Waals surface area contributed by atoms with E-state index in [0.717, 1.165) is 5.56 Å². The maximum Gasteiger partial charge on any atom is 0.156 e. The van der Waals surface area contributed by atoms with Crippen LogP contribution in [0.2, 0.25) is 0 Å². The third-order valence-electron chi connectivity index (χ3n) is 2.55. The first-order valence-electron chi connectivity index (χ1n) is 5.57. The van der Waals surface area contributed by atoms with Gasteiger partial charge in [-0.15, -0.1) is 0 Å². The molecule has 0 radical (unpaired) electrons. The Labute approximate surface area is 108 Å². The third kappa shape index (κ3) is 4.29. The van der Waals surface area contributed by atoms with E-state index < -0.39 is 9.84 Å². The predicted octanol–water partition coefficient (Wildman–Crippen LogP) is 0.715. The fraction of sp³-hybridized carbons (Fsp3) is 0.500. The Morgan fingerprint density at radius 3 is 2.56 bits per heavy atom. The standard InChI is InChI=1S/C12H19NO4S/c1-16-5-6-18(14,15)9-11-7-10(8-13)3-4-12(11)17-2/h3-4,7H,5-6,8-9,13H2,1-2H3. The van der Waals surface area contributed by atoms with Crippen LogP contribution in [0.25, 0.3) is 0 Å². The number of ether oxygens (including phenoxy) is 2. The first-order chi connectivity index (χ1) is 8.52. The van der Waals surface area contributed by atoms with E-state index in [4.69, 9.17) is 15.2 Å². The van der Waals surface area contributed by atoms with Crippen molar-refractivity contribution in [2.75, 3.05) is 26.6 Å². The minimum atomic E-state index is -3.20. The Balaban J connectivity index is 2.94. The van der Waals surface area contributed by atoms with Crippen molar-refractivity contribution in [1.29, 1.82) is 0 Å². The van der Waals surface area contributed by atoms with E-state index in [1.54, 1.807) is 12.1 Å². The quantitative estimate of drug-likeness (QED) is 0.791. The highest BCUT2D eigenvalue weighted by atomic mass is 32.2. The zero-order valence-electron chi connectivity index (χ0n) is 10.7. The molecule has 6 heteroatoms. The zero-order chi connectivity index (χ0) is 13.6. The molecule has 0 unspecified atom stereocenters. The summed E-state index contributed by atoms with van der Waals surface area (Å²) >= 11 is 0. The lowest BCUT2D eigenvalue weighted by Crippen LogP contribution is -2.14. The molecule has 0 heterocycles. The van der Waals surface area contributed by atoms with Gasteiger partial charge in [0.1, 0.15) is 5.75 Å². The van der Waals surface area contributed by atoms with E-state index in [1.165, 1.54) is 14.2 Å². The Kier molecular flexibility index (Phi) is 5.58. The van der Waals surface area contributed by atoms with Crippen LogP contribution in [0.15, 0.2) is 18.2 Å². The molecule has 102 valence electrons. The molecule has 0 amide bonds. The Hall–Kier alpha value is -1.11. The molecule has 0 aliphatic heterocycles. The van der Waals surface area contributed by atoms with Crippen molar-refractivity contribution in [3.05, 3.63) is 29.3 Å². The molecule has 5 nitrogen and oxygen atoms in total. The summed E-state index contributed by atoms with van der Waals surface area (Å²) in [6.45, 7) is 0.566. The smallest absolute Gasteiger partial charge is 0.156 e. The summed E-state index contributed by atoms with van der Waals surface area (Å²) in [5.74, 6) is 0.501. The van der Waals surface area contributed by atoms with Crippen LogP contribution >= 0.6 is 0 Å². The molecule has 1 aromatic rings. The van der Waals surface area contributed by atoms with Crippen LogP contribution in [0, 0.1) is 0 Å². The second kappa shape index (κ2) is 6.72. The zero-order valence-corrected chi connectivity index (χ0v) is 11.5. The monoisotopic (exact) mass is 273 g/mol. The van der Waals surface area contributed by atoms with E-state index in [0.29, 0.717) is 17.9 Å². The van der Waals surface area contributed by atoms with E-state index in [-0.39, 0.29) is 18.1 Å². The average Bonchev–Trinajstić information content (AvgIpc) is 2.36. The molecule has 0 aliphatic carbocycles. The van der Waals surface area contributed by atoms with Gasteiger partial charge in [0.05, 0.1) is 25.2 Å². The summed E-state index contributed by atoms with van der Waals surface area (Å²) in [6, 6.07) is 5.33. The van der Waals surface area contributed by atoms with E-state index >= 15 is 0 Å². The van der Waals surface area contributed by atoms with Crippen molar-refractivity contribution in [1.82, 2.24) is 0 Å². The summed E-state index contributed by atoms with van der Waals surface area (Å²) in [7, 11) is -0.206. The molecular weight excluding hydrogens is 254 g/mol. The minimum Gasteiger partial charge on any atom is -0.496 e. The van der Waals surface area contributed by atoms with Gasteiger partial charge in [0.25, 0.3) is 0 Å². The van der Waals surface area contributed by atoms with Crippen LogP contribution in [0.4, 0.5) is 0 Å². The molecule has 1 rings (SSSR count). The maximum atomic E-state index is 11.9. The van der Waals surface area contributed by atoms with Crippen LogP contribution in [0.1, 0.15) is 11.1 Å². The molecule has 0 bridgehead atoms. The Morgan fingerprint density at radius 1 is 1.28 bits per heavy atom. The van der Waals surface area contributed by atoms with Crippen LogP contribution in [-0.2, 0) is 26.9 Å². The number of benzene rings is 1. The van der Waals surface area contributed by atoms with Crippen LogP contribution < -0.4 is 10.5 Å². The minimum absolute atomic E-state index is 0.000489. The molecule has 0 saturated heterocycles. The second-order valence-corrected chi connectivity index (χ2v) is 6.12. The molecule has 0 aliphatic rings. The topological polar surface area (TPSA) is 78.6 Å². The molecule has 0 atom stereocenters. The van der Waals surface area contributed by atoms with E-state index in [1.807, 2.05) is 6.07 Å². The van der Waals surface area contributed by atoms with Crippen LogP contribution in [0.3, 0.4) is 0 Å². The first kappa shape index (κ1) is 14.9. The van der Waals surface area contributed by atoms with Crippen molar-refractivity contribution in [3.63, 3.8) is 0 Å². The number of rotatable bonds is 7. The number of nitrogens with two attached hydrogens (primary N) is 1. The van der Waals surface area contributed by atoms with Crippen LogP contribution in [-0.4, -0.2) is 35.0 Å². The van der Waals surface area contributed by atoms with Gasteiger partial charge in [-0.05, 0) is 17.7 Å². The highest BCUT2D eigenvalue weighted by Gasteiger charge is 2.15. The Bertz CT molecular complexity index is 485. The number of hydrogen-bond acceptors (Lipinski definition) is 5. The molecule has 18 heavy (non-hydrogen) atoms. The Morgan fingerprint density at radius 2 is 2.00 bits per heavy atom. The van der Waals surface area contributed by atoms with Gasteiger partial charge in [0.2, 0.25) is 0 Å². The van der Waals surface area contributed by atoms with Crippen molar-refractivity contribution in [2.24, 2.45) is 5.73 Å². The summed E-state index contributed by atoms with van der Waals surface area (Å²) < 4.78 is 33.7. The first-order valence-corrected chi connectivity index (χ1v) is 7.39. The molecule has 0 saturated carbocycles. The van der Waals surface area contributed by atoms with Gasteiger partial charge < -0.3 is 15.2 Å². The van der Waals surface area contributed by atoms with Crippen molar-refractivity contribution < 1.29 is 17.9 Å².